The molecule has 0 unspecified atom stereocenters. The number of likely N-dealkylation sites (N-methyl/N-ethyl adjacent to an activating group) is 1. The highest BCUT2D eigenvalue weighted by Gasteiger charge is 2.29. The predicted molar refractivity (Wildman–Crippen MR) is 100 cm³/mol. The highest BCUT2D eigenvalue weighted by atomic mass is 16.5. The number of amides is 2. The van der Waals surface area contributed by atoms with Crippen LogP contribution in [0.2, 0.25) is 0 Å². The molecule has 0 aromatic carbocycles. The Labute approximate surface area is 156 Å². The van der Waals surface area contributed by atoms with Crippen molar-refractivity contribution in [3.63, 3.8) is 0 Å². The van der Waals surface area contributed by atoms with Gasteiger partial charge in [0, 0.05) is 44.6 Å². The number of piperidine rings is 1. The number of nitrogens with zero attached hydrogens (tertiary/aromatic N) is 4. The molecule has 1 aromatic rings. The summed E-state index contributed by atoms with van der Waals surface area (Å²) in [5, 5.41) is 7.20. The fourth-order valence-corrected chi connectivity index (χ4v) is 3.98. The summed E-state index contributed by atoms with van der Waals surface area (Å²) in [5.41, 5.74) is 0. The first-order chi connectivity index (χ1) is 12.5. The maximum Gasteiger partial charge on any atom is 0.317 e. The fraction of sp³-hybridized carbons (Fsp3) is 0.842. The van der Waals surface area contributed by atoms with E-state index >= 15 is 0 Å². The number of hydrogen-bond acceptors (Lipinski definition) is 5. The molecule has 146 valence electrons. The minimum atomic E-state index is -0.00384. The van der Waals surface area contributed by atoms with E-state index in [1.165, 1.54) is 38.6 Å². The number of rotatable bonds is 6. The second kappa shape index (κ2) is 8.84. The molecule has 3 rings (SSSR count). The SMILES string of the molecule is CC(C)c1nc(CCN(C)C(=O)N[C@@H]2CCCN(C3CCCC3)C2)no1. The van der Waals surface area contributed by atoms with E-state index in [9.17, 15) is 4.79 Å². The number of urea groups is 1. The van der Waals surface area contributed by atoms with Crippen molar-refractivity contribution in [1.82, 2.24) is 25.3 Å². The highest BCUT2D eigenvalue weighted by Crippen LogP contribution is 2.26. The quantitative estimate of drug-likeness (QED) is 0.841. The first-order valence-corrected chi connectivity index (χ1v) is 10.1. The van der Waals surface area contributed by atoms with E-state index in [1.807, 2.05) is 20.9 Å². The molecule has 1 saturated heterocycles. The van der Waals surface area contributed by atoms with Gasteiger partial charge in [-0.05, 0) is 32.2 Å². The average molecular weight is 364 g/mol. The van der Waals surface area contributed by atoms with Gasteiger partial charge in [0.1, 0.15) is 0 Å². The van der Waals surface area contributed by atoms with Crippen LogP contribution in [-0.4, -0.2) is 64.7 Å². The normalized spacial score (nSPS) is 22.1. The maximum absolute atomic E-state index is 12.5. The van der Waals surface area contributed by atoms with Crippen LogP contribution in [0.15, 0.2) is 4.52 Å². The number of carbonyl (C=O) groups excluding carboxylic acids is 1. The van der Waals surface area contributed by atoms with Gasteiger partial charge in [0.05, 0.1) is 0 Å². The van der Waals surface area contributed by atoms with E-state index in [0.29, 0.717) is 24.7 Å². The van der Waals surface area contributed by atoms with Crippen LogP contribution in [0.3, 0.4) is 0 Å². The van der Waals surface area contributed by atoms with Crippen molar-refractivity contribution >= 4 is 6.03 Å². The van der Waals surface area contributed by atoms with Gasteiger partial charge in [-0.15, -0.1) is 0 Å². The van der Waals surface area contributed by atoms with Crippen molar-refractivity contribution in [3.05, 3.63) is 11.7 Å². The van der Waals surface area contributed by atoms with Crippen LogP contribution in [0.1, 0.15) is 70.0 Å². The standard InChI is InChI=1S/C19H33N5O2/c1-14(2)18-21-17(22-26-18)10-12-23(3)19(25)20-15-7-6-11-24(13-15)16-8-4-5-9-16/h14-16H,4-13H2,1-3H3,(H,20,25)/t15-/m1/s1. The van der Waals surface area contributed by atoms with Gasteiger partial charge in [-0.3, -0.25) is 4.90 Å². The number of hydrogen-bond donors (Lipinski definition) is 1. The van der Waals surface area contributed by atoms with Gasteiger partial charge in [-0.2, -0.15) is 4.98 Å². The van der Waals surface area contributed by atoms with Crippen LogP contribution >= 0.6 is 0 Å². The Hall–Kier alpha value is -1.63. The monoisotopic (exact) mass is 363 g/mol. The Morgan fingerprint density at radius 3 is 2.77 bits per heavy atom. The molecule has 1 atom stereocenters. The Kier molecular flexibility index (Phi) is 6.51. The zero-order chi connectivity index (χ0) is 18.5. The molecule has 0 bridgehead atoms. The molecule has 1 aromatic heterocycles. The van der Waals surface area contributed by atoms with E-state index in [-0.39, 0.29) is 18.0 Å². The van der Waals surface area contributed by atoms with Crippen molar-refractivity contribution < 1.29 is 9.32 Å². The van der Waals surface area contributed by atoms with E-state index in [0.717, 1.165) is 19.0 Å². The van der Waals surface area contributed by atoms with Gasteiger partial charge in [0.15, 0.2) is 5.82 Å². The lowest BCUT2D eigenvalue weighted by atomic mass is 10.0. The molecule has 1 aliphatic carbocycles. The first kappa shape index (κ1) is 19.1. The van der Waals surface area contributed by atoms with Crippen molar-refractivity contribution in [2.24, 2.45) is 0 Å². The third-order valence-electron chi connectivity index (χ3n) is 5.62. The van der Waals surface area contributed by atoms with Crippen LogP contribution in [0.4, 0.5) is 4.79 Å². The molecule has 2 aliphatic rings. The second-order valence-electron chi connectivity index (χ2n) is 8.10. The van der Waals surface area contributed by atoms with Crippen molar-refractivity contribution in [1.29, 1.82) is 0 Å². The molecule has 7 nitrogen and oxygen atoms in total. The smallest absolute Gasteiger partial charge is 0.317 e. The largest absolute Gasteiger partial charge is 0.339 e. The molecule has 1 saturated carbocycles. The van der Waals surface area contributed by atoms with Crippen LogP contribution in [0.25, 0.3) is 0 Å². The van der Waals surface area contributed by atoms with Crippen molar-refractivity contribution in [2.75, 3.05) is 26.7 Å². The van der Waals surface area contributed by atoms with Gasteiger partial charge >= 0.3 is 6.03 Å². The Morgan fingerprint density at radius 2 is 2.08 bits per heavy atom. The fourth-order valence-electron chi connectivity index (χ4n) is 3.98. The molecular formula is C19H33N5O2. The molecule has 26 heavy (non-hydrogen) atoms. The van der Waals surface area contributed by atoms with E-state index < -0.39 is 0 Å². The van der Waals surface area contributed by atoms with E-state index in [4.69, 9.17) is 4.52 Å². The summed E-state index contributed by atoms with van der Waals surface area (Å²) in [6, 6.07) is 0.994. The lowest BCUT2D eigenvalue weighted by molar-refractivity contribution is 0.135. The van der Waals surface area contributed by atoms with Crippen molar-refractivity contribution in [2.45, 2.75) is 76.8 Å². The number of carbonyl (C=O) groups is 1. The minimum absolute atomic E-state index is 0.00384. The molecule has 7 heteroatoms. The summed E-state index contributed by atoms with van der Waals surface area (Å²) in [5.74, 6) is 1.55. The Balaban J connectivity index is 1.42. The van der Waals surface area contributed by atoms with Gasteiger partial charge < -0.3 is 14.7 Å². The lowest BCUT2D eigenvalue weighted by Crippen LogP contribution is -2.52. The highest BCUT2D eigenvalue weighted by molar-refractivity contribution is 5.74. The maximum atomic E-state index is 12.5. The van der Waals surface area contributed by atoms with Crippen LogP contribution in [-0.2, 0) is 6.42 Å². The average Bonchev–Trinajstić information content (AvgIpc) is 3.31. The number of aromatic nitrogens is 2. The first-order valence-electron chi connectivity index (χ1n) is 10.1. The van der Waals surface area contributed by atoms with Crippen molar-refractivity contribution in [3.8, 4) is 0 Å². The summed E-state index contributed by atoms with van der Waals surface area (Å²) in [7, 11) is 1.83. The Bertz CT molecular complexity index is 582. The van der Waals surface area contributed by atoms with Crippen LogP contribution in [0.5, 0.6) is 0 Å². The summed E-state index contributed by atoms with van der Waals surface area (Å²) in [6.07, 6.45) is 8.22. The van der Waals surface area contributed by atoms with Gasteiger partial charge in [-0.1, -0.05) is 31.8 Å². The third kappa shape index (κ3) is 4.96. The molecule has 1 N–H and O–H groups in total. The summed E-state index contributed by atoms with van der Waals surface area (Å²) < 4.78 is 5.22. The third-order valence-corrected chi connectivity index (χ3v) is 5.62. The van der Waals surface area contributed by atoms with Crippen LogP contribution in [0, 0.1) is 0 Å². The van der Waals surface area contributed by atoms with E-state index in [1.54, 1.807) is 4.90 Å². The second-order valence-corrected chi connectivity index (χ2v) is 8.10. The summed E-state index contributed by atoms with van der Waals surface area (Å²) >= 11 is 0. The molecule has 2 heterocycles. The number of nitrogens with one attached hydrogen (secondary N) is 1. The molecule has 1 aliphatic heterocycles. The van der Waals surface area contributed by atoms with E-state index in [2.05, 4.69) is 20.4 Å². The summed E-state index contributed by atoms with van der Waals surface area (Å²) in [6.45, 7) is 6.81. The molecule has 2 amide bonds. The minimum Gasteiger partial charge on any atom is -0.339 e. The predicted octanol–water partition coefficient (Wildman–Crippen LogP) is 2.78. The van der Waals surface area contributed by atoms with Crippen LogP contribution < -0.4 is 5.32 Å². The lowest BCUT2D eigenvalue weighted by Gasteiger charge is -2.37. The molecule has 2 fully saturated rings. The zero-order valence-electron chi connectivity index (χ0n) is 16.4. The zero-order valence-corrected chi connectivity index (χ0v) is 16.4. The summed E-state index contributed by atoms with van der Waals surface area (Å²) in [4.78, 5) is 21.2. The molecule has 0 spiro atoms. The van der Waals surface area contributed by atoms with Gasteiger partial charge in [0.25, 0.3) is 0 Å². The topological polar surface area (TPSA) is 74.5 Å². The molecule has 0 radical (unpaired) electrons. The number of likely N-dealkylation sites (tertiary alicyclic amines) is 1. The Morgan fingerprint density at radius 1 is 1.31 bits per heavy atom. The van der Waals surface area contributed by atoms with Gasteiger partial charge in [0.2, 0.25) is 5.89 Å². The molecular weight excluding hydrogens is 330 g/mol. The van der Waals surface area contributed by atoms with Gasteiger partial charge in [-0.25, -0.2) is 4.79 Å².